The van der Waals surface area contributed by atoms with Crippen LogP contribution in [0.5, 0.6) is 0 Å². The fourth-order valence-corrected chi connectivity index (χ4v) is 2.54. The normalized spacial score (nSPS) is 12.3. The Kier molecular flexibility index (Phi) is 4.65. The van der Waals surface area contributed by atoms with Crippen molar-refractivity contribution >= 4 is 17.3 Å². The fraction of sp³-hybridized carbons (Fsp3) is 0.286. The molecule has 4 nitrogen and oxygen atoms in total. The monoisotopic (exact) mass is 277 g/mol. The number of rotatable bonds is 6. The molecule has 0 saturated heterocycles. The zero-order chi connectivity index (χ0) is 13.7. The highest BCUT2D eigenvalue weighted by molar-refractivity contribution is 7.09. The van der Waals surface area contributed by atoms with Gasteiger partial charge in [-0.15, -0.1) is 11.3 Å². The average molecular weight is 277 g/mol. The number of aromatic nitrogens is 1. The molecular formula is C14H15NO3S. The summed E-state index contributed by atoms with van der Waals surface area (Å²) >= 11 is 1.57. The van der Waals surface area contributed by atoms with Gasteiger partial charge in [0.2, 0.25) is 0 Å². The topological polar surface area (TPSA) is 59.4 Å². The number of hydrogen-bond donors (Lipinski definition) is 1. The van der Waals surface area contributed by atoms with Crippen LogP contribution in [0, 0.1) is 6.92 Å². The first-order valence-electron chi connectivity index (χ1n) is 5.97. The molecule has 2 aromatic rings. The van der Waals surface area contributed by atoms with Gasteiger partial charge in [0.25, 0.3) is 0 Å². The molecule has 0 radical (unpaired) electrons. The van der Waals surface area contributed by atoms with Crippen LogP contribution in [0.1, 0.15) is 22.2 Å². The van der Waals surface area contributed by atoms with Crippen LogP contribution in [-0.2, 0) is 16.0 Å². The molecular weight excluding hydrogens is 262 g/mol. The molecule has 19 heavy (non-hydrogen) atoms. The highest BCUT2D eigenvalue weighted by Gasteiger charge is 2.20. The van der Waals surface area contributed by atoms with Gasteiger partial charge in [-0.05, 0) is 12.5 Å². The highest BCUT2D eigenvalue weighted by Crippen LogP contribution is 2.19. The molecule has 1 aromatic heterocycles. The van der Waals surface area contributed by atoms with Gasteiger partial charge in [0.05, 0.1) is 17.8 Å². The van der Waals surface area contributed by atoms with Gasteiger partial charge in [0, 0.05) is 11.3 Å². The van der Waals surface area contributed by atoms with Crippen LogP contribution in [0.2, 0.25) is 0 Å². The minimum absolute atomic E-state index is 0.370. The molecule has 0 fully saturated rings. The molecule has 1 heterocycles. The van der Waals surface area contributed by atoms with Crippen LogP contribution in [0.3, 0.4) is 0 Å². The lowest BCUT2D eigenvalue weighted by Crippen LogP contribution is -2.16. The number of carboxylic acids is 1. The smallest absolute Gasteiger partial charge is 0.337 e. The second-order valence-corrected chi connectivity index (χ2v) is 5.05. The molecule has 0 spiro atoms. The lowest BCUT2D eigenvalue weighted by molar-refractivity contribution is -0.150. The van der Waals surface area contributed by atoms with Gasteiger partial charge in [-0.3, -0.25) is 0 Å². The summed E-state index contributed by atoms with van der Waals surface area (Å²) in [5.41, 5.74) is 3.44. The maximum absolute atomic E-state index is 11.2. The summed E-state index contributed by atoms with van der Waals surface area (Å²) < 4.78 is 5.50. The minimum atomic E-state index is -0.966. The Morgan fingerprint density at radius 1 is 1.42 bits per heavy atom. The van der Waals surface area contributed by atoms with Gasteiger partial charge >= 0.3 is 5.97 Å². The lowest BCUT2D eigenvalue weighted by atomic mass is 10.1. The van der Waals surface area contributed by atoms with Crippen molar-refractivity contribution in [1.29, 1.82) is 0 Å². The number of nitrogens with zero attached hydrogens (tertiary/aromatic N) is 1. The lowest BCUT2D eigenvalue weighted by Gasteiger charge is -2.13. The summed E-state index contributed by atoms with van der Waals surface area (Å²) in [4.78, 5) is 16.5. The van der Waals surface area contributed by atoms with Crippen molar-refractivity contribution in [3.05, 3.63) is 52.0 Å². The Morgan fingerprint density at radius 2 is 2.16 bits per heavy atom. The predicted octanol–water partition coefficient (Wildman–Crippen LogP) is 2.84. The minimum Gasteiger partial charge on any atom is -0.479 e. The number of aryl methyl sites for hydroxylation is 1. The third-order valence-electron chi connectivity index (χ3n) is 2.79. The summed E-state index contributed by atoms with van der Waals surface area (Å²) in [6, 6.07) is 8.99. The fourth-order valence-electron chi connectivity index (χ4n) is 1.77. The van der Waals surface area contributed by atoms with E-state index in [-0.39, 0.29) is 0 Å². The molecule has 100 valence electrons. The first kappa shape index (κ1) is 13.7. The summed E-state index contributed by atoms with van der Waals surface area (Å²) in [7, 11) is 0. The molecule has 0 bridgehead atoms. The quantitative estimate of drug-likeness (QED) is 0.882. The van der Waals surface area contributed by atoms with Gasteiger partial charge in [0.1, 0.15) is 0 Å². The van der Waals surface area contributed by atoms with Crippen LogP contribution in [0.15, 0.2) is 35.8 Å². The van der Waals surface area contributed by atoms with E-state index in [1.54, 1.807) is 29.0 Å². The van der Waals surface area contributed by atoms with Gasteiger partial charge in [0.15, 0.2) is 6.10 Å². The van der Waals surface area contributed by atoms with Gasteiger partial charge in [-0.1, -0.05) is 30.3 Å². The van der Waals surface area contributed by atoms with Crippen LogP contribution >= 0.6 is 11.3 Å². The van der Waals surface area contributed by atoms with E-state index in [1.165, 1.54) is 0 Å². The van der Waals surface area contributed by atoms with Crippen molar-refractivity contribution in [2.75, 3.05) is 6.61 Å². The van der Waals surface area contributed by atoms with Crippen molar-refractivity contribution in [1.82, 2.24) is 4.98 Å². The standard InChI is InChI=1S/C14H15NO3S/c1-10-12(19-9-15-10)7-8-18-13(14(16)17)11-5-3-2-4-6-11/h2-6,9,13H,7-8H2,1H3,(H,16,17). The molecule has 0 saturated carbocycles. The Hall–Kier alpha value is -1.72. The van der Waals surface area contributed by atoms with Crippen LogP contribution in [0.4, 0.5) is 0 Å². The molecule has 1 unspecified atom stereocenters. The summed E-state index contributed by atoms with van der Waals surface area (Å²) in [6.45, 7) is 2.31. The molecule has 0 aliphatic rings. The number of carboxylic acid groups (broad SMARTS) is 1. The molecule has 1 atom stereocenters. The Balaban J connectivity index is 1.95. The van der Waals surface area contributed by atoms with E-state index >= 15 is 0 Å². The van der Waals surface area contributed by atoms with Crippen LogP contribution in [0.25, 0.3) is 0 Å². The Morgan fingerprint density at radius 3 is 2.74 bits per heavy atom. The maximum atomic E-state index is 11.2. The van der Waals surface area contributed by atoms with Crippen molar-refractivity contribution in [3.63, 3.8) is 0 Å². The highest BCUT2D eigenvalue weighted by atomic mass is 32.1. The van der Waals surface area contributed by atoms with E-state index in [0.29, 0.717) is 18.6 Å². The molecule has 0 aliphatic heterocycles. The molecule has 2 rings (SSSR count). The molecule has 0 aliphatic carbocycles. The van der Waals surface area contributed by atoms with E-state index < -0.39 is 12.1 Å². The first-order valence-corrected chi connectivity index (χ1v) is 6.84. The Bertz CT molecular complexity index is 539. The molecule has 1 N–H and O–H groups in total. The van der Waals surface area contributed by atoms with E-state index in [9.17, 15) is 9.90 Å². The summed E-state index contributed by atoms with van der Waals surface area (Å²) in [5.74, 6) is -0.966. The largest absolute Gasteiger partial charge is 0.479 e. The van der Waals surface area contributed by atoms with E-state index in [1.807, 2.05) is 25.1 Å². The third kappa shape index (κ3) is 3.62. The first-order chi connectivity index (χ1) is 9.18. The molecule has 1 aromatic carbocycles. The SMILES string of the molecule is Cc1ncsc1CCOC(C(=O)O)c1ccccc1. The number of thiazole rings is 1. The average Bonchev–Trinajstić information content (AvgIpc) is 2.81. The number of benzene rings is 1. The summed E-state index contributed by atoms with van der Waals surface area (Å²) in [5, 5.41) is 9.20. The number of ether oxygens (including phenoxy) is 1. The summed E-state index contributed by atoms with van der Waals surface area (Å²) in [6.07, 6.45) is -0.220. The predicted molar refractivity (Wildman–Crippen MR) is 73.3 cm³/mol. The zero-order valence-electron chi connectivity index (χ0n) is 10.6. The van der Waals surface area contributed by atoms with Crippen molar-refractivity contribution in [3.8, 4) is 0 Å². The maximum Gasteiger partial charge on any atom is 0.337 e. The van der Waals surface area contributed by atoms with Gasteiger partial charge in [-0.2, -0.15) is 0 Å². The number of hydrogen-bond acceptors (Lipinski definition) is 4. The van der Waals surface area contributed by atoms with Gasteiger partial charge < -0.3 is 9.84 Å². The zero-order valence-corrected chi connectivity index (χ0v) is 11.4. The van der Waals surface area contributed by atoms with Gasteiger partial charge in [-0.25, -0.2) is 9.78 Å². The van der Waals surface area contributed by atoms with E-state index in [2.05, 4.69) is 4.98 Å². The van der Waals surface area contributed by atoms with Crippen LogP contribution in [-0.4, -0.2) is 22.7 Å². The van der Waals surface area contributed by atoms with E-state index in [4.69, 9.17) is 4.74 Å². The molecule has 0 amide bonds. The second kappa shape index (κ2) is 6.45. The van der Waals surface area contributed by atoms with Crippen molar-refractivity contribution in [2.45, 2.75) is 19.4 Å². The van der Waals surface area contributed by atoms with Crippen molar-refractivity contribution in [2.24, 2.45) is 0 Å². The van der Waals surface area contributed by atoms with E-state index in [0.717, 1.165) is 10.6 Å². The molecule has 5 heteroatoms. The Labute approximate surface area is 115 Å². The second-order valence-electron chi connectivity index (χ2n) is 4.11. The van der Waals surface area contributed by atoms with Crippen molar-refractivity contribution < 1.29 is 14.6 Å². The number of aliphatic carboxylic acids is 1. The number of carbonyl (C=O) groups is 1. The third-order valence-corrected chi connectivity index (χ3v) is 3.78. The van der Waals surface area contributed by atoms with Crippen LogP contribution < -0.4 is 0 Å².